The number of aromatic nitrogens is 1. The van der Waals surface area contributed by atoms with Gasteiger partial charge in [-0.2, -0.15) is 13.2 Å². The Bertz CT molecular complexity index is 1560. The predicted molar refractivity (Wildman–Crippen MR) is 164 cm³/mol. The first-order valence-corrected chi connectivity index (χ1v) is 15.4. The highest BCUT2D eigenvalue weighted by molar-refractivity contribution is 9.10. The fraction of sp³-hybridized carbons (Fsp3) is 0.355. The average molecular weight is 693 g/mol. The van der Waals surface area contributed by atoms with E-state index in [4.69, 9.17) is 11.6 Å². The summed E-state index contributed by atoms with van der Waals surface area (Å²) < 4.78 is 42.9. The normalized spacial score (nSPS) is 17.8. The van der Waals surface area contributed by atoms with Crippen molar-refractivity contribution in [3.05, 3.63) is 80.9 Å². The zero-order valence-corrected chi connectivity index (χ0v) is 25.9. The van der Waals surface area contributed by atoms with Crippen molar-refractivity contribution in [3.8, 4) is 11.1 Å². The third kappa shape index (κ3) is 7.77. The van der Waals surface area contributed by atoms with Crippen LogP contribution in [-0.4, -0.2) is 48.4 Å². The van der Waals surface area contributed by atoms with E-state index in [9.17, 15) is 27.6 Å². The van der Waals surface area contributed by atoms with E-state index in [2.05, 4.69) is 36.9 Å². The number of pyridine rings is 1. The van der Waals surface area contributed by atoms with Gasteiger partial charge < -0.3 is 15.5 Å². The molecule has 0 radical (unpaired) electrons. The maximum atomic E-state index is 14.1. The van der Waals surface area contributed by atoms with Crippen LogP contribution in [0, 0.1) is 5.92 Å². The average Bonchev–Trinajstić information content (AvgIpc) is 2.99. The number of carbonyl (C=O) groups excluding carboxylic acids is 3. The molecule has 232 valence electrons. The van der Waals surface area contributed by atoms with Gasteiger partial charge in [-0.1, -0.05) is 45.7 Å². The molecule has 2 aliphatic heterocycles. The van der Waals surface area contributed by atoms with Crippen LogP contribution in [0.1, 0.15) is 47.2 Å². The molecule has 0 saturated carbocycles. The summed E-state index contributed by atoms with van der Waals surface area (Å²) in [6.45, 7) is 2.13. The minimum Gasteiger partial charge on any atom is -0.356 e. The molecule has 3 N–H and O–H groups in total. The number of alkyl halides is 3. The monoisotopic (exact) mass is 691 g/mol. The van der Waals surface area contributed by atoms with Gasteiger partial charge in [0, 0.05) is 52.9 Å². The molecule has 8 nitrogen and oxygen atoms in total. The number of rotatable bonds is 8. The zero-order chi connectivity index (χ0) is 31.4. The van der Waals surface area contributed by atoms with Gasteiger partial charge in [-0.15, -0.1) is 0 Å². The van der Waals surface area contributed by atoms with Crippen molar-refractivity contribution in [2.75, 3.05) is 24.5 Å². The number of hydrogen-bond donors (Lipinski definition) is 3. The molecule has 3 heterocycles. The van der Waals surface area contributed by atoms with Crippen molar-refractivity contribution in [2.45, 2.75) is 44.4 Å². The quantitative estimate of drug-likeness (QED) is 0.261. The molecule has 2 aliphatic rings. The lowest BCUT2D eigenvalue weighted by molar-refractivity contribution is -0.137. The Balaban J connectivity index is 1.13. The van der Waals surface area contributed by atoms with Crippen molar-refractivity contribution in [3.63, 3.8) is 0 Å². The topological polar surface area (TPSA) is 103 Å². The van der Waals surface area contributed by atoms with Crippen molar-refractivity contribution >= 4 is 51.1 Å². The third-order valence-corrected chi connectivity index (χ3v) is 8.83. The molecule has 1 unspecified atom stereocenters. The molecule has 1 atom stereocenters. The summed E-state index contributed by atoms with van der Waals surface area (Å²) in [5, 5.41) is 8.74. The first-order valence-electron chi connectivity index (χ1n) is 14.2. The van der Waals surface area contributed by atoms with E-state index in [-0.39, 0.29) is 30.5 Å². The molecular formula is C31H30BrClF3N5O3. The van der Waals surface area contributed by atoms with E-state index in [1.54, 1.807) is 41.3 Å². The van der Waals surface area contributed by atoms with E-state index >= 15 is 0 Å². The van der Waals surface area contributed by atoms with E-state index in [0.29, 0.717) is 60.7 Å². The summed E-state index contributed by atoms with van der Waals surface area (Å²) in [4.78, 5) is 41.8. The van der Waals surface area contributed by atoms with Gasteiger partial charge in [0.1, 0.15) is 11.9 Å². The Morgan fingerprint density at radius 3 is 2.52 bits per heavy atom. The molecule has 13 heteroatoms. The first-order chi connectivity index (χ1) is 21.0. The number of carbonyl (C=O) groups is 3. The van der Waals surface area contributed by atoms with Crippen LogP contribution >= 0.6 is 27.5 Å². The SMILES string of the molecule is O=C1CCC(NC(=O)c2ccc(CNCC3CCN(c4ncc(-c5cccc(Cl)c5)cc4C(F)(F)F)CC3)c(Br)c2)C(=O)N1. The van der Waals surface area contributed by atoms with E-state index in [1.165, 1.54) is 6.20 Å². The summed E-state index contributed by atoms with van der Waals surface area (Å²) in [7, 11) is 0. The lowest BCUT2D eigenvalue weighted by Gasteiger charge is -2.34. The lowest BCUT2D eigenvalue weighted by Crippen LogP contribution is -2.52. The molecular weight excluding hydrogens is 663 g/mol. The standard InChI is InChI=1S/C31H30BrClF3N5O3/c32-25-14-20(29(43)39-26-6-7-27(42)40-30(26)44)4-5-21(25)16-37-15-18-8-10-41(11-9-18)28-24(31(34,35)36)13-22(17-38-28)19-2-1-3-23(33)12-19/h1-5,12-14,17-18,26,37H,6-11,15-16H2,(H,39,43)(H,40,42,44). The third-order valence-electron chi connectivity index (χ3n) is 7.85. The number of imide groups is 1. The van der Waals surface area contributed by atoms with Crippen LogP contribution in [0.15, 0.2) is 59.2 Å². The van der Waals surface area contributed by atoms with E-state index in [0.717, 1.165) is 16.1 Å². The second-order valence-corrected chi connectivity index (χ2v) is 12.2. The van der Waals surface area contributed by atoms with Crippen molar-refractivity contribution in [2.24, 2.45) is 5.92 Å². The van der Waals surface area contributed by atoms with Crippen molar-refractivity contribution in [1.29, 1.82) is 0 Å². The summed E-state index contributed by atoms with van der Waals surface area (Å²) >= 11 is 9.54. The molecule has 0 spiro atoms. The number of nitrogens with one attached hydrogen (secondary N) is 3. The maximum absolute atomic E-state index is 14.1. The molecule has 0 bridgehead atoms. The lowest BCUT2D eigenvalue weighted by atomic mass is 9.96. The van der Waals surface area contributed by atoms with Gasteiger partial charge in [-0.05, 0) is 73.2 Å². The number of anilines is 1. The van der Waals surface area contributed by atoms with Crippen molar-refractivity contribution in [1.82, 2.24) is 20.9 Å². The predicted octanol–water partition coefficient (Wildman–Crippen LogP) is 5.72. The number of halogens is 5. The summed E-state index contributed by atoms with van der Waals surface area (Å²) in [6, 6.07) is 12.2. The summed E-state index contributed by atoms with van der Waals surface area (Å²) in [6.07, 6.45) is -1.23. The fourth-order valence-corrected chi connectivity index (χ4v) is 6.12. The molecule has 1 aromatic heterocycles. The van der Waals surface area contributed by atoms with Gasteiger partial charge in [0.2, 0.25) is 11.8 Å². The van der Waals surface area contributed by atoms with Crippen LogP contribution in [0.4, 0.5) is 19.0 Å². The fourth-order valence-electron chi connectivity index (χ4n) is 5.41. The van der Waals surface area contributed by atoms with Gasteiger partial charge in [0.15, 0.2) is 0 Å². The Morgan fingerprint density at radius 1 is 1.07 bits per heavy atom. The van der Waals surface area contributed by atoms with Crippen LogP contribution in [0.2, 0.25) is 5.02 Å². The van der Waals surface area contributed by atoms with E-state index < -0.39 is 29.6 Å². The zero-order valence-electron chi connectivity index (χ0n) is 23.5. The first kappa shape index (κ1) is 31.9. The Morgan fingerprint density at radius 2 is 1.84 bits per heavy atom. The van der Waals surface area contributed by atoms with Crippen LogP contribution < -0.4 is 20.9 Å². The molecule has 5 rings (SSSR count). The number of piperidine rings is 2. The smallest absolute Gasteiger partial charge is 0.356 e. The van der Waals surface area contributed by atoms with Gasteiger partial charge in [0.25, 0.3) is 5.91 Å². The van der Waals surface area contributed by atoms with E-state index in [1.807, 2.05) is 6.07 Å². The molecule has 2 aromatic carbocycles. The Kier molecular flexibility index (Phi) is 9.91. The second kappa shape index (κ2) is 13.7. The second-order valence-electron chi connectivity index (χ2n) is 10.9. The minimum atomic E-state index is -4.55. The summed E-state index contributed by atoms with van der Waals surface area (Å²) in [5.74, 6) is -1.04. The molecule has 2 fully saturated rings. The molecule has 3 amide bonds. The number of amides is 3. The largest absolute Gasteiger partial charge is 0.419 e. The highest BCUT2D eigenvalue weighted by atomic mass is 79.9. The van der Waals surface area contributed by atoms with Gasteiger partial charge in [0.05, 0.1) is 5.56 Å². The molecule has 44 heavy (non-hydrogen) atoms. The molecule has 2 saturated heterocycles. The Labute approximate surface area is 265 Å². The highest BCUT2D eigenvalue weighted by Crippen LogP contribution is 2.39. The van der Waals surface area contributed by atoms with Crippen LogP contribution in [0.25, 0.3) is 11.1 Å². The highest BCUT2D eigenvalue weighted by Gasteiger charge is 2.37. The van der Waals surface area contributed by atoms with Crippen LogP contribution in [0.3, 0.4) is 0 Å². The Hall–Kier alpha value is -3.48. The molecule has 0 aliphatic carbocycles. The van der Waals surface area contributed by atoms with Gasteiger partial charge in [-0.3, -0.25) is 19.7 Å². The van der Waals surface area contributed by atoms with Gasteiger partial charge >= 0.3 is 6.18 Å². The number of benzene rings is 2. The maximum Gasteiger partial charge on any atom is 0.419 e. The number of hydrogen-bond acceptors (Lipinski definition) is 6. The molecule has 3 aromatic rings. The summed E-state index contributed by atoms with van der Waals surface area (Å²) in [5.41, 5.74) is 1.48. The van der Waals surface area contributed by atoms with Crippen LogP contribution in [0.5, 0.6) is 0 Å². The van der Waals surface area contributed by atoms with Gasteiger partial charge in [-0.25, -0.2) is 4.98 Å². The van der Waals surface area contributed by atoms with Crippen LogP contribution in [-0.2, 0) is 22.3 Å². The number of nitrogens with zero attached hydrogens (tertiary/aromatic N) is 2. The van der Waals surface area contributed by atoms with Crippen molar-refractivity contribution < 1.29 is 27.6 Å². The minimum absolute atomic E-state index is 0.0552.